The summed E-state index contributed by atoms with van der Waals surface area (Å²) in [7, 11) is 1.71. The van der Waals surface area contributed by atoms with Crippen LogP contribution in [0.3, 0.4) is 0 Å². The zero-order chi connectivity index (χ0) is 24.0. The minimum Gasteiger partial charge on any atom is -0.355 e. The quantitative estimate of drug-likeness (QED) is 0.321. The van der Waals surface area contributed by atoms with E-state index < -0.39 is 0 Å². The zero-order valence-electron chi connectivity index (χ0n) is 18.9. The molecule has 1 heterocycles. The molecule has 5 nitrogen and oxygen atoms in total. The van der Waals surface area contributed by atoms with Crippen molar-refractivity contribution in [2.24, 2.45) is 7.05 Å². The van der Waals surface area contributed by atoms with Crippen LogP contribution in [0.15, 0.2) is 58.5 Å². The van der Waals surface area contributed by atoms with Gasteiger partial charge in [-0.15, -0.1) is 0 Å². The molecule has 0 bridgehead atoms. The van der Waals surface area contributed by atoms with Gasteiger partial charge in [-0.2, -0.15) is 0 Å². The molecule has 1 amide bonds. The van der Waals surface area contributed by atoms with E-state index in [2.05, 4.69) is 10.3 Å². The predicted molar refractivity (Wildman–Crippen MR) is 137 cm³/mol. The fourth-order valence-electron chi connectivity index (χ4n) is 3.45. The van der Waals surface area contributed by atoms with Gasteiger partial charge < -0.3 is 5.32 Å². The molecule has 8 heteroatoms. The molecule has 33 heavy (non-hydrogen) atoms. The zero-order valence-corrected chi connectivity index (χ0v) is 21.2. The number of rotatable bonds is 9. The van der Waals surface area contributed by atoms with Crippen molar-refractivity contribution in [3.63, 3.8) is 0 Å². The van der Waals surface area contributed by atoms with Crippen LogP contribution in [0, 0.1) is 6.92 Å². The van der Waals surface area contributed by atoms with Gasteiger partial charge in [0.25, 0.3) is 5.56 Å². The first-order valence-electron chi connectivity index (χ1n) is 10.8. The van der Waals surface area contributed by atoms with E-state index in [-0.39, 0.29) is 16.7 Å². The molecule has 0 aliphatic carbocycles. The number of aromatic nitrogens is 2. The fourth-order valence-corrected chi connectivity index (χ4v) is 4.99. The third-order valence-electron chi connectivity index (χ3n) is 5.39. The Bertz CT molecular complexity index is 1180. The molecular formula is C25H27Cl2N3O2S. The van der Waals surface area contributed by atoms with Crippen molar-refractivity contribution in [1.82, 2.24) is 14.9 Å². The third-order valence-corrected chi connectivity index (χ3v) is 7.39. The standard InChI is InChI=1S/C25H27Cl2N3O2S/c1-4-22(23(31)28-13-12-18-10-11-19(26)15-21(18)27)33-25-29-16(2)20(24(32)30(25)3)14-17-8-6-5-7-9-17/h5-11,15,22H,4,12-14H2,1-3H3,(H,28,31). The van der Waals surface area contributed by atoms with E-state index in [1.807, 2.05) is 50.2 Å². The van der Waals surface area contributed by atoms with Crippen molar-refractivity contribution in [2.45, 2.75) is 43.5 Å². The lowest BCUT2D eigenvalue weighted by Crippen LogP contribution is -2.34. The second-order valence-electron chi connectivity index (χ2n) is 7.78. The average molecular weight is 504 g/mol. The monoisotopic (exact) mass is 503 g/mol. The fraction of sp³-hybridized carbons (Fsp3) is 0.320. The topological polar surface area (TPSA) is 64.0 Å². The smallest absolute Gasteiger partial charge is 0.257 e. The number of benzene rings is 2. The molecule has 0 aliphatic rings. The first kappa shape index (κ1) is 25.3. The highest BCUT2D eigenvalue weighted by Crippen LogP contribution is 2.24. The van der Waals surface area contributed by atoms with Crippen LogP contribution in [0.25, 0.3) is 0 Å². The van der Waals surface area contributed by atoms with Crippen LogP contribution in [0.5, 0.6) is 0 Å². The van der Waals surface area contributed by atoms with Gasteiger partial charge in [0.1, 0.15) is 0 Å². The molecule has 0 aliphatic heterocycles. The first-order valence-corrected chi connectivity index (χ1v) is 12.4. The first-order chi connectivity index (χ1) is 15.8. The Hall–Kier alpha value is -2.28. The van der Waals surface area contributed by atoms with Crippen molar-refractivity contribution in [3.8, 4) is 0 Å². The molecule has 0 saturated carbocycles. The molecule has 0 saturated heterocycles. The number of carbonyl (C=O) groups excluding carboxylic acids is 1. The maximum atomic E-state index is 13.0. The Kier molecular flexibility index (Phi) is 9.01. The van der Waals surface area contributed by atoms with Crippen molar-refractivity contribution in [3.05, 3.63) is 91.3 Å². The van der Waals surface area contributed by atoms with Gasteiger partial charge in [0.15, 0.2) is 5.16 Å². The summed E-state index contributed by atoms with van der Waals surface area (Å²) in [4.78, 5) is 30.5. The summed E-state index contributed by atoms with van der Waals surface area (Å²) < 4.78 is 1.54. The lowest BCUT2D eigenvalue weighted by Gasteiger charge is -2.17. The number of halogens is 2. The van der Waals surface area contributed by atoms with Gasteiger partial charge in [-0.05, 0) is 43.0 Å². The number of thioether (sulfide) groups is 1. The number of nitrogens with one attached hydrogen (secondary N) is 1. The maximum Gasteiger partial charge on any atom is 0.257 e. The minimum absolute atomic E-state index is 0.0819. The van der Waals surface area contributed by atoms with Crippen LogP contribution < -0.4 is 10.9 Å². The molecule has 2 aromatic carbocycles. The molecule has 1 aromatic heterocycles. The number of hydrogen-bond acceptors (Lipinski definition) is 4. The Morgan fingerprint density at radius 3 is 2.58 bits per heavy atom. The largest absolute Gasteiger partial charge is 0.355 e. The van der Waals surface area contributed by atoms with Gasteiger partial charge in [-0.1, -0.05) is 78.3 Å². The average Bonchev–Trinajstić information content (AvgIpc) is 2.80. The summed E-state index contributed by atoms with van der Waals surface area (Å²) >= 11 is 13.5. The van der Waals surface area contributed by atoms with Crippen molar-refractivity contribution in [2.75, 3.05) is 6.54 Å². The highest BCUT2D eigenvalue weighted by molar-refractivity contribution is 8.00. The van der Waals surface area contributed by atoms with E-state index in [0.717, 1.165) is 11.1 Å². The van der Waals surface area contributed by atoms with E-state index in [0.29, 0.717) is 52.3 Å². The second kappa shape index (κ2) is 11.7. The van der Waals surface area contributed by atoms with Gasteiger partial charge in [0, 0.05) is 41.3 Å². The number of nitrogens with zero attached hydrogens (tertiary/aromatic N) is 2. The number of carbonyl (C=O) groups is 1. The summed E-state index contributed by atoms with van der Waals surface area (Å²) in [5.74, 6) is -0.0900. The number of hydrogen-bond donors (Lipinski definition) is 1. The normalized spacial score (nSPS) is 11.9. The Morgan fingerprint density at radius 1 is 1.18 bits per heavy atom. The number of aryl methyl sites for hydroxylation is 1. The summed E-state index contributed by atoms with van der Waals surface area (Å²) in [6.07, 6.45) is 1.74. The Labute approximate surface area is 208 Å². The van der Waals surface area contributed by atoms with Crippen LogP contribution in [-0.4, -0.2) is 27.3 Å². The van der Waals surface area contributed by atoms with Crippen molar-refractivity contribution in [1.29, 1.82) is 0 Å². The lowest BCUT2D eigenvalue weighted by atomic mass is 10.1. The second-order valence-corrected chi connectivity index (χ2v) is 9.79. The van der Waals surface area contributed by atoms with Crippen LogP contribution in [0.2, 0.25) is 10.0 Å². The van der Waals surface area contributed by atoms with E-state index in [1.54, 1.807) is 23.7 Å². The SMILES string of the molecule is CCC(Sc1nc(C)c(Cc2ccccc2)c(=O)n1C)C(=O)NCCc1ccc(Cl)cc1Cl. The summed E-state index contributed by atoms with van der Waals surface area (Å²) in [6, 6.07) is 15.2. The van der Waals surface area contributed by atoms with E-state index in [9.17, 15) is 9.59 Å². The van der Waals surface area contributed by atoms with E-state index >= 15 is 0 Å². The van der Waals surface area contributed by atoms with Gasteiger partial charge in [-0.25, -0.2) is 4.98 Å². The summed E-state index contributed by atoms with van der Waals surface area (Å²) in [5, 5.41) is 4.32. The molecule has 174 valence electrons. The van der Waals surface area contributed by atoms with Crippen LogP contribution in [0.4, 0.5) is 0 Å². The number of amides is 1. The predicted octanol–water partition coefficient (Wildman–Crippen LogP) is 5.22. The lowest BCUT2D eigenvalue weighted by molar-refractivity contribution is -0.120. The van der Waals surface area contributed by atoms with Gasteiger partial charge >= 0.3 is 0 Å². The van der Waals surface area contributed by atoms with Gasteiger partial charge in [-0.3, -0.25) is 14.2 Å². The molecule has 1 unspecified atom stereocenters. The van der Waals surface area contributed by atoms with Crippen molar-refractivity contribution < 1.29 is 4.79 Å². The highest BCUT2D eigenvalue weighted by Gasteiger charge is 2.21. The van der Waals surface area contributed by atoms with E-state index in [1.165, 1.54) is 11.8 Å². The Morgan fingerprint density at radius 2 is 1.91 bits per heavy atom. The molecule has 0 radical (unpaired) electrons. The van der Waals surface area contributed by atoms with Crippen molar-refractivity contribution >= 4 is 40.9 Å². The summed E-state index contributed by atoms with van der Waals surface area (Å²) in [5.41, 5.74) is 3.27. The molecule has 0 fully saturated rings. The minimum atomic E-state index is -0.358. The van der Waals surface area contributed by atoms with E-state index in [4.69, 9.17) is 23.2 Å². The molecule has 0 spiro atoms. The van der Waals surface area contributed by atoms with Gasteiger partial charge in [0.05, 0.1) is 5.25 Å². The Balaban J connectivity index is 1.67. The summed E-state index contributed by atoms with van der Waals surface area (Å²) in [6.45, 7) is 4.25. The highest BCUT2D eigenvalue weighted by atomic mass is 35.5. The van der Waals surface area contributed by atoms with Crippen LogP contribution in [0.1, 0.15) is 35.7 Å². The van der Waals surface area contributed by atoms with Crippen LogP contribution >= 0.6 is 35.0 Å². The molecule has 3 rings (SSSR count). The van der Waals surface area contributed by atoms with Crippen LogP contribution in [-0.2, 0) is 24.7 Å². The third kappa shape index (κ3) is 6.62. The molecule has 3 aromatic rings. The maximum absolute atomic E-state index is 13.0. The molecule has 1 atom stereocenters. The molecular weight excluding hydrogens is 477 g/mol. The molecule has 1 N–H and O–H groups in total. The van der Waals surface area contributed by atoms with Gasteiger partial charge in [0.2, 0.25) is 5.91 Å².